The number of piperidine rings is 1. The Morgan fingerprint density at radius 1 is 1.35 bits per heavy atom. The molecule has 2 fully saturated rings. The fraction of sp³-hybridized carbons (Fsp3) is 0.550. The minimum atomic E-state index is -0.258. The Morgan fingerprint density at radius 2 is 2.15 bits per heavy atom. The normalized spacial score (nSPS) is 23.0. The summed E-state index contributed by atoms with van der Waals surface area (Å²) in [6.45, 7) is 3.87. The third kappa shape index (κ3) is 3.89. The van der Waals surface area contributed by atoms with Crippen molar-refractivity contribution >= 4 is 5.91 Å². The number of amides is 1. The minimum absolute atomic E-state index is 0.247. The molecule has 1 aromatic heterocycles. The van der Waals surface area contributed by atoms with E-state index in [1.807, 2.05) is 35.2 Å². The van der Waals surface area contributed by atoms with Crippen LogP contribution in [0.15, 0.2) is 34.9 Å². The molecule has 6 nitrogen and oxygen atoms in total. The fourth-order valence-electron chi connectivity index (χ4n) is 3.55. The molecular formula is C20H25N3O3. The molecule has 0 N–H and O–H groups in total. The largest absolute Gasteiger partial charge is 0.484 e. The van der Waals surface area contributed by atoms with Gasteiger partial charge >= 0.3 is 0 Å². The number of ether oxygens (including phenoxy) is 1. The van der Waals surface area contributed by atoms with Crippen molar-refractivity contribution < 1.29 is 14.1 Å². The van der Waals surface area contributed by atoms with Crippen LogP contribution in [0, 0.1) is 5.92 Å². The first kappa shape index (κ1) is 17.1. The Balaban J connectivity index is 1.39. The molecule has 2 heterocycles. The molecule has 0 spiro atoms. The molecule has 26 heavy (non-hydrogen) atoms. The van der Waals surface area contributed by atoms with E-state index >= 15 is 0 Å². The van der Waals surface area contributed by atoms with Crippen LogP contribution in [0.25, 0.3) is 0 Å². The van der Waals surface area contributed by atoms with Crippen molar-refractivity contribution in [3.8, 4) is 5.75 Å². The zero-order valence-corrected chi connectivity index (χ0v) is 15.2. The van der Waals surface area contributed by atoms with E-state index in [0.717, 1.165) is 25.1 Å². The lowest BCUT2D eigenvalue weighted by Crippen LogP contribution is -2.47. The molecule has 1 aromatic carbocycles. The third-order valence-electron chi connectivity index (χ3n) is 5.32. The molecule has 2 aliphatic rings. The van der Waals surface area contributed by atoms with Crippen molar-refractivity contribution in [2.24, 2.45) is 5.92 Å². The number of likely N-dealkylation sites (tertiary alicyclic amines) is 1. The van der Waals surface area contributed by atoms with Gasteiger partial charge in [0.15, 0.2) is 12.4 Å². The lowest BCUT2D eigenvalue weighted by atomic mass is 9.81. The first-order chi connectivity index (χ1) is 12.6. The standard InChI is InChI=1S/C20H25N3O3/c1-20(10-5-11-23(14-20)18(24)12-15-8-9-15)19-21-17(26-22-19)13-25-16-6-3-2-4-7-16/h2-4,6-7,15H,5,8-14H2,1H3. The monoisotopic (exact) mass is 355 g/mol. The second-order valence-corrected chi connectivity index (χ2v) is 7.74. The van der Waals surface area contributed by atoms with E-state index in [2.05, 4.69) is 17.1 Å². The lowest BCUT2D eigenvalue weighted by molar-refractivity contribution is -0.133. The van der Waals surface area contributed by atoms with E-state index in [-0.39, 0.29) is 17.9 Å². The molecule has 1 unspecified atom stereocenters. The average molecular weight is 355 g/mol. The molecule has 0 bridgehead atoms. The third-order valence-corrected chi connectivity index (χ3v) is 5.32. The van der Waals surface area contributed by atoms with Crippen LogP contribution < -0.4 is 4.74 Å². The van der Waals surface area contributed by atoms with Crippen molar-refractivity contribution in [2.75, 3.05) is 13.1 Å². The number of hydrogen-bond acceptors (Lipinski definition) is 5. The Morgan fingerprint density at radius 3 is 2.92 bits per heavy atom. The van der Waals surface area contributed by atoms with E-state index in [1.54, 1.807) is 0 Å². The van der Waals surface area contributed by atoms with Crippen molar-refractivity contribution in [1.29, 1.82) is 0 Å². The van der Waals surface area contributed by atoms with Gasteiger partial charge in [-0.05, 0) is 43.7 Å². The zero-order valence-electron chi connectivity index (χ0n) is 15.2. The summed E-state index contributed by atoms with van der Waals surface area (Å²) >= 11 is 0. The van der Waals surface area contributed by atoms with Gasteiger partial charge in [0, 0.05) is 24.9 Å². The molecule has 6 heteroatoms. The predicted octanol–water partition coefficient (Wildman–Crippen LogP) is 3.33. The summed E-state index contributed by atoms with van der Waals surface area (Å²) in [6.07, 6.45) is 5.02. The molecule has 1 atom stereocenters. The van der Waals surface area contributed by atoms with Gasteiger partial charge in [-0.15, -0.1) is 0 Å². The van der Waals surface area contributed by atoms with Crippen molar-refractivity contribution in [3.63, 3.8) is 0 Å². The minimum Gasteiger partial charge on any atom is -0.484 e. The molecule has 4 rings (SSSR count). The molecule has 138 valence electrons. The number of rotatable bonds is 6. The van der Waals surface area contributed by atoms with Crippen LogP contribution in [0.1, 0.15) is 50.7 Å². The van der Waals surface area contributed by atoms with Gasteiger partial charge in [-0.3, -0.25) is 4.79 Å². The van der Waals surface area contributed by atoms with Gasteiger partial charge in [0.25, 0.3) is 5.89 Å². The van der Waals surface area contributed by atoms with E-state index in [4.69, 9.17) is 9.26 Å². The zero-order chi connectivity index (χ0) is 18.0. The van der Waals surface area contributed by atoms with Crippen molar-refractivity contribution in [1.82, 2.24) is 15.0 Å². The van der Waals surface area contributed by atoms with Gasteiger partial charge in [0.1, 0.15) is 5.75 Å². The summed E-state index contributed by atoms with van der Waals surface area (Å²) in [5.74, 6) is 2.80. The summed E-state index contributed by atoms with van der Waals surface area (Å²) in [6, 6.07) is 9.57. The Bertz CT molecular complexity index is 757. The number of carbonyl (C=O) groups is 1. The van der Waals surface area contributed by atoms with E-state index < -0.39 is 0 Å². The lowest BCUT2D eigenvalue weighted by Gasteiger charge is -2.38. The first-order valence-corrected chi connectivity index (χ1v) is 9.41. The maximum absolute atomic E-state index is 12.5. The summed E-state index contributed by atoms with van der Waals surface area (Å²) < 4.78 is 11.1. The smallest absolute Gasteiger partial charge is 0.264 e. The van der Waals surface area contributed by atoms with Crippen LogP contribution in [-0.4, -0.2) is 34.0 Å². The fourth-order valence-corrected chi connectivity index (χ4v) is 3.55. The molecule has 1 aliphatic carbocycles. The Labute approximate surface area is 153 Å². The number of hydrogen-bond donors (Lipinski definition) is 0. The van der Waals surface area contributed by atoms with E-state index in [1.165, 1.54) is 12.8 Å². The van der Waals surface area contributed by atoms with Crippen LogP contribution in [0.4, 0.5) is 0 Å². The van der Waals surface area contributed by atoms with Gasteiger partial charge in [0.05, 0.1) is 0 Å². The molecule has 0 radical (unpaired) electrons. The first-order valence-electron chi connectivity index (χ1n) is 9.41. The second kappa shape index (κ2) is 7.09. The molecule has 1 saturated heterocycles. The summed E-state index contributed by atoms with van der Waals surface area (Å²) in [4.78, 5) is 19.0. The molecule has 1 amide bonds. The Kier molecular flexibility index (Phi) is 4.66. The van der Waals surface area contributed by atoms with Crippen LogP contribution in [0.3, 0.4) is 0 Å². The highest BCUT2D eigenvalue weighted by Gasteiger charge is 2.39. The quantitative estimate of drug-likeness (QED) is 0.795. The number of para-hydroxylation sites is 1. The van der Waals surface area contributed by atoms with Crippen molar-refractivity contribution in [3.05, 3.63) is 42.0 Å². The van der Waals surface area contributed by atoms with Crippen LogP contribution in [0.5, 0.6) is 5.75 Å². The Hall–Kier alpha value is -2.37. The number of carbonyl (C=O) groups excluding carboxylic acids is 1. The summed E-state index contributed by atoms with van der Waals surface area (Å²) in [5.41, 5.74) is -0.258. The second-order valence-electron chi connectivity index (χ2n) is 7.74. The van der Waals surface area contributed by atoms with E-state index in [9.17, 15) is 4.79 Å². The highest BCUT2D eigenvalue weighted by atomic mass is 16.5. The van der Waals surface area contributed by atoms with Crippen LogP contribution in [0.2, 0.25) is 0 Å². The van der Waals surface area contributed by atoms with Gasteiger partial charge in [-0.1, -0.05) is 30.3 Å². The highest BCUT2D eigenvalue weighted by Crippen LogP contribution is 2.36. The molecule has 1 saturated carbocycles. The topological polar surface area (TPSA) is 68.5 Å². The van der Waals surface area contributed by atoms with Crippen LogP contribution >= 0.6 is 0 Å². The highest BCUT2D eigenvalue weighted by molar-refractivity contribution is 5.77. The maximum atomic E-state index is 12.5. The maximum Gasteiger partial charge on any atom is 0.264 e. The van der Waals surface area contributed by atoms with Gasteiger partial charge in [-0.25, -0.2) is 0 Å². The van der Waals surface area contributed by atoms with Gasteiger partial charge in [-0.2, -0.15) is 4.98 Å². The van der Waals surface area contributed by atoms with Crippen LogP contribution in [-0.2, 0) is 16.8 Å². The summed E-state index contributed by atoms with van der Waals surface area (Å²) in [5, 5.41) is 4.19. The number of benzene rings is 1. The SMILES string of the molecule is CC1(c2noc(COc3ccccc3)n2)CCCN(C(=O)CC2CC2)C1. The molecule has 1 aliphatic heterocycles. The number of nitrogens with zero attached hydrogens (tertiary/aromatic N) is 3. The molecule has 2 aromatic rings. The molecular weight excluding hydrogens is 330 g/mol. The number of aromatic nitrogens is 2. The summed E-state index contributed by atoms with van der Waals surface area (Å²) in [7, 11) is 0. The van der Waals surface area contributed by atoms with Gasteiger partial charge in [0.2, 0.25) is 5.91 Å². The van der Waals surface area contributed by atoms with Gasteiger partial charge < -0.3 is 14.2 Å². The average Bonchev–Trinajstić information content (AvgIpc) is 3.33. The predicted molar refractivity (Wildman–Crippen MR) is 95.6 cm³/mol. The van der Waals surface area contributed by atoms with E-state index in [0.29, 0.717) is 30.6 Å². The van der Waals surface area contributed by atoms with Crippen molar-refractivity contribution in [2.45, 2.75) is 51.0 Å².